The van der Waals surface area contributed by atoms with Gasteiger partial charge in [0.2, 0.25) is 5.91 Å². The van der Waals surface area contributed by atoms with E-state index in [0.29, 0.717) is 0 Å². The molecule has 1 atom stereocenters. The maximum Gasteiger partial charge on any atom is 0.244 e. The van der Waals surface area contributed by atoms with Crippen molar-refractivity contribution in [3.8, 4) is 0 Å². The summed E-state index contributed by atoms with van der Waals surface area (Å²) in [6.45, 7) is 3.40. The highest BCUT2D eigenvalue weighted by Crippen LogP contribution is 2.13. The van der Waals surface area contributed by atoms with Crippen LogP contribution in [0.5, 0.6) is 0 Å². The summed E-state index contributed by atoms with van der Waals surface area (Å²) < 4.78 is 0. The first-order chi connectivity index (χ1) is 8.18. The fraction of sp³-hybridized carbons (Fsp3) is 0.462. The van der Waals surface area contributed by atoms with Crippen LogP contribution in [0.25, 0.3) is 0 Å². The molecule has 1 aromatic rings. The molecular weight excluding hydrogens is 285 g/mol. The van der Waals surface area contributed by atoms with Gasteiger partial charge in [-0.3, -0.25) is 4.79 Å². The molecule has 0 radical (unpaired) electrons. The lowest BCUT2D eigenvalue weighted by Crippen LogP contribution is -2.49. The van der Waals surface area contributed by atoms with Crippen molar-refractivity contribution in [2.24, 2.45) is 5.73 Å². The van der Waals surface area contributed by atoms with Crippen molar-refractivity contribution >= 4 is 30.7 Å². The second-order valence-electron chi connectivity index (χ2n) is 4.52. The number of hydrogen-bond donors (Lipinski definition) is 1. The van der Waals surface area contributed by atoms with E-state index in [4.69, 9.17) is 5.73 Å². The number of amides is 1. The molecule has 1 saturated heterocycles. The molecule has 0 aliphatic carbocycles. The van der Waals surface area contributed by atoms with E-state index in [1.165, 1.54) is 0 Å². The molecule has 1 amide bonds. The van der Waals surface area contributed by atoms with Crippen molar-refractivity contribution in [3.63, 3.8) is 0 Å². The third-order valence-corrected chi connectivity index (χ3v) is 3.24. The number of piperazine rings is 1. The summed E-state index contributed by atoms with van der Waals surface area (Å²) in [5, 5.41) is 0. The molecular formula is C13H21Cl2N3O. The minimum atomic E-state index is -0.528. The number of nitrogens with zero attached hydrogens (tertiary/aromatic N) is 2. The van der Waals surface area contributed by atoms with Crippen LogP contribution in [-0.4, -0.2) is 48.9 Å². The minimum Gasteiger partial charge on any atom is -0.338 e. The Hall–Kier alpha value is -0.810. The first-order valence-electron chi connectivity index (χ1n) is 5.96. The summed E-state index contributed by atoms with van der Waals surface area (Å²) in [5.41, 5.74) is 6.88. The summed E-state index contributed by atoms with van der Waals surface area (Å²) in [5.74, 6) is 0.0318. The predicted octanol–water partition coefficient (Wildman–Crippen LogP) is 1.30. The van der Waals surface area contributed by atoms with E-state index < -0.39 is 6.04 Å². The van der Waals surface area contributed by atoms with E-state index >= 15 is 0 Å². The highest BCUT2D eigenvalue weighted by Gasteiger charge is 2.24. The van der Waals surface area contributed by atoms with Crippen LogP contribution in [0, 0.1) is 0 Å². The normalized spacial score (nSPS) is 17.1. The lowest BCUT2D eigenvalue weighted by molar-refractivity contribution is -0.134. The van der Waals surface area contributed by atoms with Gasteiger partial charge in [0, 0.05) is 26.2 Å². The molecule has 0 bridgehead atoms. The number of carbonyl (C=O) groups is 1. The Labute approximate surface area is 126 Å². The number of likely N-dealkylation sites (N-methyl/N-ethyl adjacent to an activating group) is 1. The van der Waals surface area contributed by atoms with Gasteiger partial charge in [-0.15, -0.1) is 24.8 Å². The maximum atomic E-state index is 12.2. The fourth-order valence-electron chi connectivity index (χ4n) is 2.03. The zero-order valence-electron chi connectivity index (χ0n) is 11.0. The van der Waals surface area contributed by atoms with E-state index in [0.717, 1.165) is 31.7 Å². The molecule has 0 spiro atoms. The van der Waals surface area contributed by atoms with Gasteiger partial charge in [0.1, 0.15) is 6.04 Å². The maximum absolute atomic E-state index is 12.2. The van der Waals surface area contributed by atoms with Crippen molar-refractivity contribution in [2.75, 3.05) is 33.2 Å². The predicted molar refractivity (Wildman–Crippen MR) is 81.9 cm³/mol. The molecule has 1 aliphatic heterocycles. The highest BCUT2D eigenvalue weighted by molar-refractivity contribution is 5.85. The second-order valence-corrected chi connectivity index (χ2v) is 4.52. The van der Waals surface area contributed by atoms with Crippen molar-refractivity contribution in [1.29, 1.82) is 0 Å². The topological polar surface area (TPSA) is 49.6 Å². The van der Waals surface area contributed by atoms with Crippen LogP contribution in [0.4, 0.5) is 0 Å². The third kappa shape index (κ3) is 4.66. The fourth-order valence-corrected chi connectivity index (χ4v) is 2.03. The van der Waals surface area contributed by atoms with Crippen molar-refractivity contribution < 1.29 is 4.79 Å². The number of hydrogen-bond acceptors (Lipinski definition) is 3. The number of halogens is 2. The number of carbonyl (C=O) groups excluding carboxylic acids is 1. The van der Waals surface area contributed by atoms with Crippen LogP contribution in [0.15, 0.2) is 30.3 Å². The molecule has 0 aromatic heterocycles. The smallest absolute Gasteiger partial charge is 0.244 e. The van der Waals surface area contributed by atoms with Crippen LogP contribution in [0.1, 0.15) is 11.6 Å². The summed E-state index contributed by atoms with van der Waals surface area (Å²) in [6, 6.07) is 9.02. The molecule has 0 saturated carbocycles. The molecule has 4 nitrogen and oxygen atoms in total. The van der Waals surface area contributed by atoms with Gasteiger partial charge in [-0.05, 0) is 12.6 Å². The number of benzene rings is 1. The molecule has 108 valence electrons. The molecule has 2 rings (SSSR count). The van der Waals surface area contributed by atoms with Gasteiger partial charge >= 0.3 is 0 Å². The largest absolute Gasteiger partial charge is 0.338 e. The number of nitrogens with two attached hydrogens (primary N) is 1. The molecule has 1 aliphatic rings. The SMILES string of the molecule is CN1CCN(C(=O)C(N)c2ccccc2)CC1.Cl.Cl. The Kier molecular flexibility index (Phi) is 8.02. The Morgan fingerprint density at radius 2 is 1.63 bits per heavy atom. The average molecular weight is 306 g/mol. The van der Waals surface area contributed by atoms with Crippen LogP contribution >= 0.6 is 24.8 Å². The van der Waals surface area contributed by atoms with E-state index in [-0.39, 0.29) is 30.7 Å². The van der Waals surface area contributed by atoms with Crippen LogP contribution in [0.3, 0.4) is 0 Å². The van der Waals surface area contributed by atoms with E-state index in [2.05, 4.69) is 11.9 Å². The minimum absolute atomic E-state index is 0. The van der Waals surface area contributed by atoms with Crippen molar-refractivity contribution in [2.45, 2.75) is 6.04 Å². The van der Waals surface area contributed by atoms with Gasteiger partial charge in [-0.1, -0.05) is 30.3 Å². The van der Waals surface area contributed by atoms with Crippen molar-refractivity contribution in [3.05, 3.63) is 35.9 Å². The van der Waals surface area contributed by atoms with Gasteiger partial charge in [-0.2, -0.15) is 0 Å². The molecule has 19 heavy (non-hydrogen) atoms. The van der Waals surface area contributed by atoms with Gasteiger partial charge in [0.25, 0.3) is 0 Å². The van der Waals surface area contributed by atoms with Gasteiger partial charge in [-0.25, -0.2) is 0 Å². The number of rotatable bonds is 2. The molecule has 1 unspecified atom stereocenters. The van der Waals surface area contributed by atoms with E-state index in [9.17, 15) is 4.79 Å². The molecule has 6 heteroatoms. The van der Waals surface area contributed by atoms with Gasteiger partial charge < -0.3 is 15.5 Å². The molecule has 2 N–H and O–H groups in total. The quantitative estimate of drug-likeness (QED) is 0.896. The Morgan fingerprint density at radius 3 is 2.16 bits per heavy atom. The summed E-state index contributed by atoms with van der Waals surface area (Å²) in [4.78, 5) is 16.3. The molecule has 1 heterocycles. The molecule has 1 fully saturated rings. The van der Waals surface area contributed by atoms with Gasteiger partial charge in [0.15, 0.2) is 0 Å². The summed E-state index contributed by atoms with van der Waals surface area (Å²) in [6.07, 6.45) is 0. The van der Waals surface area contributed by atoms with Crippen LogP contribution in [-0.2, 0) is 4.79 Å². The first kappa shape index (κ1) is 18.2. The highest BCUT2D eigenvalue weighted by atomic mass is 35.5. The lowest BCUT2D eigenvalue weighted by atomic mass is 10.1. The zero-order chi connectivity index (χ0) is 12.3. The van der Waals surface area contributed by atoms with E-state index in [1.807, 2.05) is 35.2 Å². The van der Waals surface area contributed by atoms with Gasteiger partial charge in [0.05, 0.1) is 0 Å². The van der Waals surface area contributed by atoms with Crippen molar-refractivity contribution in [1.82, 2.24) is 9.80 Å². The second kappa shape index (κ2) is 8.38. The van der Waals surface area contributed by atoms with E-state index in [1.54, 1.807) is 0 Å². The third-order valence-electron chi connectivity index (χ3n) is 3.24. The summed E-state index contributed by atoms with van der Waals surface area (Å²) >= 11 is 0. The monoisotopic (exact) mass is 305 g/mol. The zero-order valence-corrected chi connectivity index (χ0v) is 12.6. The van der Waals surface area contributed by atoms with Crippen LogP contribution in [0.2, 0.25) is 0 Å². The first-order valence-corrected chi connectivity index (χ1v) is 5.96. The lowest BCUT2D eigenvalue weighted by Gasteiger charge is -2.33. The Balaban J connectivity index is 0.00000162. The standard InChI is InChI=1S/C13H19N3O.2ClH/c1-15-7-9-16(10-8-15)13(17)12(14)11-5-3-2-4-6-11;;/h2-6,12H,7-10,14H2,1H3;2*1H. The van der Waals surface area contributed by atoms with Crippen LogP contribution < -0.4 is 5.73 Å². The Morgan fingerprint density at radius 1 is 1.11 bits per heavy atom. The molecule has 1 aromatic carbocycles. The summed E-state index contributed by atoms with van der Waals surface area (Å²) in [7, 11) is 2.07. The Bertz CT molecular complexity index is 381. The average Bonchev–Trinajstić information content (AvgIpc) is 2.39.